The van der Waals surface area contributed by atoms with Crippen LogP contribution in [-0.2, 0) is 14.3 Å². The highest BCUT2D eigenvalue weighted by Gasteiger charge is 2.23. The van der Waals surface area contributed by atoms with E-state index in [2.05, 4.69) is 17.0 Å². The third kappa shape index (κ3) is 5.48. The van der Waals surface area contributed by atoms with Crippen LogP contribution in [0.4, 0.5) is 0 Å². The summed E-state index contributed by atoms with van der Waals surface area (Å²) in [7, 11) is 0. The number of nitrogens with zero attached hydrogens (tertiary/aromatic N) is 1. The van der Waals surface area contributed by atoms with Crippen molar-refractivity contribution in [3.8, 4) is 0 Å². The third-order valence-electron chi connectivity index (χ3n) is 3.37. The number of hydrogen-bond acceptors (Lipinski definition) is 4. The molecule has 1 heterocycles. The van der Waals surface area contributed by atoms with Crippen molar-refractivity contribution in [2.24, 2.45) is 0 Å². The molecular weight excluding hydrogens is 266 g/mol. The topological polar surface area (TPSA) is 38.8 Å². The second-order valence-corrected chi connectivity index (χ2v) is 6.41. The van der Waals surface area contributed by atoms with Crippen molar-refractivity contribution in [3.05, 3.63) is 35.9 Å². The molecule has 1 fully saturated rings. The number of carbonyl (C=O) groups excluding carboxylic acids is 1. The summed E-state index contributed by atoms with van der Waals surface area (Å²) in [4.78, 5) is 14.0. The van der Waals surface area contributed by atoms with Gasteiger partial charge >= 0.3 is 5.97 Å². The lowest BCUT2D eigenvalue weighted by molar-refractivity contribution is -0.155. The van der Waals surface area contributed by atoms with E-state index >= 15 is 0 Å². The summed E-state index contributed by atoms with van der Waals surface area (Å²) in [6.07, 6.45) is 0.525. The van der Waals surface area contributed by atoms with E-state index in [0.29, 0.717) is 13.0 Å². The Hall–Kier alpha value is -1.39. The molecule has 0 aliphatic carbocycles. The van der Waals surface area contributed by atoms with Crippen LogP contribution in [-0.4, -0.2) is 42.7 Å². The van der Waals surface area contributed by atoms with Gasteiger partial charge in [0.05, 0.1) is 19.1 Å². The average Bonchev–Trinajstić information content (AvgIpc) is 2.45. The summed E-state index contributed by atoms with van der Waals surface area (Å²) >= 11 is 0. The summed E-state index contributed by atoms with van der Waals surface area (Å²) < 4.78 is 11.2. The molecule has 0 radical (unpaired) electrons. The summed E-state index contributed by atoms with van der Waals surface area (Å²) in [6.45, 7) is 8.80. The zero-order valence-electron chi connectivity index (χ0n) is 13.2. The quantitative estimate of drug-likeness (QED) is 0.800. The number of carbonyl (C=O) groups is 1. The van der Waals surface area contributed by atoms with Gasteiger partial charge in [0.1, 0.15) is 5.60 Å². The predicted octanol–water partition coefficient (Wildman–Crippen LogP) is 2.79. The van der Waals surface area contributed by atoms with E-state index in [4.69, 9.17) is 9.47 Å². The Labute approximate surface area is 127 Å². The number of hydrogen-bond donors (Lipinski definition) is 0. The Balaban J connectivity index is 1.81. The molecule has 1 aromatic carbocycles. The molecule has 21 heavy (non-hydrogen) atoms. The Bertz CT molecular complexity index is 453. The molecular formula is C17H25NO3. The minimum absolute atomic E-state index is 0.0959. The highest BCUT2D eigenvalue weighted by Crippen LogP contribution is 2.22. The molecule has 1 aliphatic rings. The van der Waals surface area contributed by atoms with Gasteiger partial charge in [-0.2, -0.15) is 0 Å². The van der Waals surface area contributed by atoms with E-state index in [-0.39, 0.29) is 12.1 Å². The van der Waals surface area contributed by atoms with Gasteiger partial charge in [0.2, 0.25) is 0 Å². The lowest BCUT2D eigenvalue weighted by Crippen LogP contribution is -2.39. The van der Waals surface area contributed by atoms with E-state index < -0.39 is 5.60 Å². The van der Waals surface area contributed by atoms with Crippen molar-refractivity contribution in [1.29, 1.82) is 0 Å². The third-order valence-corrected chi connectivity index (χ3v) is 3.37. The van der Waals surface area contributed by atoms with Gasteiger partial charge in [-0.3, -0.25) is 9.69 Å². The summed E-state index contributed by atoms with van der Waals surface area (Å²) in [5, 5.41) is 0. The van der Waals surface area contributed by atoms with E-state index in [1.165, 1.54) is 5.56 Å². The minimum Gasteiger partial charge on any atom is -0.460 e. The van der Waals surface area contributed by atoms with Crippen LogP contribution in [0, 0.1) is 0 Å². The monoisotopic (exact) mass is 291 g/mol. The van der Waals surface area contributed by atoms with Crippen molar-refractivity contribution < 1.29 is 14.3 Å². The van der Waals surface area contributed by atoms with Crippen LogP contribution >= 0.6 is 0 Å². The average molecular weight is 291 g/mol. The van der Waals surface area contributed by atoms with Crippen LogP contribution in [0.5, 0.6) is 0 Å². The van der Waals surface area contributed by atoms with E-state index in [1.807, 2.05) is 39.0 Å². The second kappa shape index (κ2) is 7.05. The van der Waals surface area contributed by atoms with Gasteiger partial charge in [0.25, 0.3) is 0 Å². The number of rotatable bonds is 4. The molecule has 1 atom stereocenters. The largest absolute Gasteiger partial charge is 0.460 e. The first-order chi connectivity index (χ1) is 9.94. The molecule has 0 aromatic heterocycles. The van der Waals surface area contributed by atoms with Crippen molar-refractivity contribution in [2.45, 2.75) is 38.9 Å². The molecule has 0 spiro atoms. The smallest absolute Gasteiger partial charge is 0.307 e. The molecule has 2 rings (SSSR count). The van der Waals surface area contributed by atoms with Gasteiger partial charge in [0.15, 0.2) is 0 Å². The van der Waals surface area contributed by atoms with Crippen molar-refractivity contribution in [2.75, 3.05) is 26.2 Å². The number of benzene rings is 1. The Kier molecular flexibility index (Phi) is 5.37. The first-order valence-electron chi connectivity index (χ1n) is 7.55. The van der Waals surface area contributed by atoms with Crippen LogP contribution in [0.1, 0.15) is 38.9 Å². The number of esters is 1. The van der Waals surface area contributed by atoms with Crippen LogP contribution in [0.15, 0.2) is 30.3 Å². The van der Waals surface area contributed by atoms with Gasteiger partial charge < -0.3 is 9.47 Å². The lowest BCUT2D eigenvalue weighted by Gasteiger charge is -2.33. The van der Waals surface area contributed by atoms with Gasteiger partial charge in [-0.25, -0.2) is 0 Å². The van der Waals surface area contributed by atoms with E-state index in [9.17, 15) is 4.79 Å². The molecule has 1 aliphatic heterocycles. The van der Waals surface area contributed by atoms with Gasteiger partial charge in [-0.1, -0.05) is 30.3 Å². The molecule has 4 nitrogen and oxygen atoms in total. The Morgan fingerprint density at radius 1 is 1.33 bits per heavy atom. The normalized spacial score (nSPS) is 20.2. The standard InChI is InChI=1S/C17H25NO3/c1-17(2,3)21-16(19)9-10-18-11-12-20-15(13-18)14-7-5-4-6-8-14/h4-8,15H,9-13H2,1-3H3. The fourth-order valence-corrected chi connectivity index (χ4v) is 2.42. The van der Waals surface area contributed by atoms with Crippen LogP contribution in [0.2, 0.25) is 0 Å². The fourth-order valence-electron chi connectivity index (χ4n) is 2.42. The van der Waals surface area contributed by atoms with Gasteiger partial charge in [-0.05, 0) is 26.3 Å². The van der Waals surface area contributed by atoms with E-state index in [1.54, 1.807) is 0 Å². The number of morpholine rings is 1. The second-order valence-electron chi connectivity index (χ2n) is 6.41. The minimum atomic E-state index is -0.408. The molecule has 1 aromatic rings. The maximum absolute atomic E-state index is 11.8. The Morgan fingerprint density at radius 2 is 2.05 bits per heavy atom. The molecule has 0 saturated carbocycles. The zero-order valence-corrected chi connectivity index (χ0v) is 13.2. The first kappa shape index (κ1) is 16.0. The molecule has 1 unspecified atom stereocenters. The summed E-state index contributed by atoms with van der Waals surface area (Å²) in [6, 6.07) is 10.2. The summed E-state index contributed by atoms with van der Waals surface area (Å²) in [5.74, 6) is -0.134. The van der Waals surface area contributed by atoms with Crippen molar-refractivity contribution >= 4 is 5.97 Å². The molecule has 0 bridgehead atoms. The van der Waals surface area contributed by atoms with Crippen LogP contribution < -0.4 is 0 Å². The zero-order chi connectivity index (χ0) is 15.3. The molecule has 116 valence electrons. The molecule has 0 amide bonds. The molecule has 4 heteroatoms. The van der Waals surface area contributed by atoms with Crippen molar-refractivity contribution in [3.63, 3.8) is 0 Å². The number of ether oxygens (including phenoxy) is 2. The molecule has 0 N–H and O–H groups in total. The fraction of sp³-hybridized carbons (Fsp3) is 0.588. The maximum Gasteiger partial charge on any atom is 0.307 e. The highest BCUT2D eigenvalue weighted by atomic mass is 16.6. The highest BCUT2D eigenvalue weighted by molar-refractivity contribution is 5.70. The van der Waals surface area contributed by atoms with Crippen LogP contribution in [0.3, 0.4) is 0 Å². The lowest BCUT2D eigenvalue weighted by atomic mass is 10.1. The summed E-state index contributed by atoms with van der Waals surface area (Å²) in [5.41, 5.74) is 0.786. The van der Waals surface area contributed by atoms with Crippen molar-refractivity contribution in [1.82, 2.24) is 4.90 Å². The van der Waals surface area contributed by atoms with Gasteiger partial charge in [0, 0.05) is 19.6 Å². The SMILES string of the molecule is CC(C)(C)OC(=O)CCN1CCOC(c2ccccc2)C1. The van der Waals surface area contributed by atoms with Crippen LogP contribution in [0.25, 0.3) is 0 Å². The van der Waals surface area contributed by atoms with E-state index in [0.717, 1.165) is 19.6 Å². The molecule has 1 saturated heterocycles. The Morgan fingerprint density at radius 3 is 2.71 bits per heavy atom. The first-order valence-corrected chi connectivity index (χ1v) is 7.55. The predicted molar refractivity (Wildman–Crippen MR) is 82.0 cm³/mol. The maximum atomic E-state index is 11.8. The van der Waals surface area contributed by atoms with Gasteiger partial charge in [-0.15, -0.1) is 0 Å².